The summed E-state index contributed by atoms with van der Waals surface area (Å²) in [6.45, 7) is 2.09. The molecule has 0 unspecified atom stereocenters. The van der Waals surface area contributed by atoms with E-state index in [4.69, 9.17) is 11.6 Å². The molecule has 1 heterocycles. The summed E-state index contributed by atoms with van der Waals surface area (Å²) in [6.07, 6.45) is 3.60. The first-order valence-corrected chi connectivity index (χ1v) is 9.92. The van der Waals surface area contributed by atoms with Crippen molar-refractivity contribution < 1.29 is 9.59 Å². The minimum Gasteiger partial charge on any atom is -0.326 e. The van der Waals surface area contributed by atoms with Gasteiger partial charge in [0.15, 0.2) is 5.16 Å². The molecule has 8 heteroatoms. The van der Waals surface area contributed by atoms with Crippen molar-refractivity contribution in [2.45, 2.75) is 18.6 Å². The first kappa shape index (κ1) is 20.0. The number of anilines is 2. The molecular formula is C20H19ClN4O2S. The topological polar surface area (TPSA) is 76.0 Å². The van der Waals surface area contributed by atoms with Gasteiger partial charge in [-0.15, -0.1) is 0 Å². The highest BCUT2D eigenvalue weighted by Crippen LogP contribution is 2.20. The number of hydrogen-bond donors (Lipinski definition) is 2. The largest absolute Gasteiger partial charge is 0.326 e. The fourth-order valence-electron chi connectivity index (χ4n) is 2.55. The zero-order chi connectivity index (χ0) is 19.9. The van der Waals surface area contributed by atoms with Crippen molar-refractivity contribution in [2.75, 3.05) is 16.4 Å². The van der Waals surface area contributed by atoms with Crippen LogP contribution >= 0.6 is 23.4 Å². The minimum atomic E-state index is -0.161. The second kappa shape index (κ2) is 9.43. The Bertz CT molecular complexity index is 972. The molecule has 0 bridgehead atoms. The van der Waals surface area contributed by atoms with E-state index in [-0.39, 0.29) is 17.6 Å². The SMILES string of the molecule is CC(=O)Nc1cccc(NC(=O)CSc2nccn2Cc2ccc(Cl)cc2)c1. The van der Waals surface area contributed by atoms with Crippen molar-refractivity contribution in [1.29, 1.82) is 0 Å². The lowest BCUT2D eigenvalue weighted by Crippen LogP contribution is -2.15. The second-order valence-electron chi connectivity index (χ2n) is 6.06. The van der Waals surface area contributed by atoms with Crippen LogP contribution in [0.1, 0.15) is 12.5 Å². The van der Waals surface area contributed by atoms with Crippen LogP contribution in [-0.4, -0.2) is 27.1 Å². The molecule has 0 saturated heterocycles. The standard InChI is InChI=1S/C20H19ClN4O2S/c1-14(26)23-17-3-2-4-18(11-17)24-19(27)13-28-20-22-9-10-25(20)12-15-5-7-16(21)8-6-15/h2-11H,12-13H2,1H3,(H,23,26)(H,24,27). The molecule has 3 rings (SSSR count). The molecule has 28 heavy (non-hydrogen) atoms. The molecule has 3 aromatic rings. The molecule has 0 saturated carbocycles. The van der Waals surface area contributed by atoms with Crippen LogP contribution in [0.5, 0.6) is 0 Å². The van der Waals surface area contributed by atoms with E-state index in [1.807, 2.05) is 35.0 Å². The van der Waals surface area contributed by atoms with Gasteiger partial charge in [0.05, 0.1) is 5.75 Å². The van der Waals surface area contributed by atoms with Crippen molar-refractivity contribution >= 4 is 46.6 Å². The molecule has 0 aliphatic rings. The van der Waals surface area contributed by atoms with Gasteiger partial charge in [0.25, 0.3) is 0 Å². The summed E-state index contributed by atoms with van der Waals surface area (Å²) in [7, 11) is 0. The van der Waals surface area contributed by atoms with Gasteiger partial charge in [0.1, 0.15) is 0 Å². The van der Waals surface area contributed by atoms with Crippen LogP contribution in [0.25, 0.3) is 0 Å². The first-order chi connectivity index (χ1) is 13.5. The summed E-state index contributed by atoms with van der Waals surface area (Å²) < 4.78 is 1.98. The molecule has 0 aliphatic carbocycles. The number of imidazole rings is 1. The van der Waals surface area contributed by atoms with Crippen LogP contribution in [0.15, 0.2) is 66.1 Å². The minimum absolute atomic E-state index is 0.147. The number of benzene rings is 2. The number of nitrogens with one attached hydrogen (secondary N) is 2. The lowest BCUT2D eigenvalue weighted by Gasteiger charge is -2.09. The summed E-state index contributed by atoms with van der Waals surface area (Å²) in [5.41, 5.74) is 2.36. The third-order valence-corrected chi connectivity index (χ3v) is 5.00. The van der Waals surface area contributed by atoms with E-state index in [9.17, 15) is 9.59 Å². The maximum Gasteiger partial charge on any atom is 0.234 e. The molecule has 0 spiro atoms. The van der Waals surface area contributed by atoms with Crippen LogP contribution in [0.3, 0.4) is 0 Å². The van der Waals surface area contributed by atoms with Gasteiger partial charge in [-0.3, -0.25) is 9.59 Å². The number of amides is 2. The maximum atomic E-state index is 12.3. The average molecular weight is 415 g/mol. The Morgan fingerprint density at radius 3 is 2.54 bits per heavy atom. The van der Waals surface area contributed by atoms with Crippen LogP contribution in [0.4, 0.5) is 11.4 Å². The average Bonchev–Trinajstić information content (AvgIpc) is 3.09. The number of thioether (sulfide) groups is 1. The normalized spacial score (nSPS) is 10.5. The number of carbonyl (C=O) groups is 2. The molecule has 6 nitrogen and oxygen atoms in total. The molecule has 1 aromatic heterocycles. The van der Waals surface area contributed by atoms with Crippen molar-refractivity contribution in [3.63, 3.8) is 0 Å². The van der Waals surface area contributed by atoms with Gasteiger partial charge in [-0.05, 0) is 35.9 Å². The molecular weight excluding hydrogens is 396 g/mol. The zero-order valence-corrected chi connectivity index (χ0v) is 16.8. The van der Waals surface area contributed by atoms with Crippen LogP contribution in [-0.2, 0) is 16.1 Å². The Labute approximate surface area is 172 Å². The van der Waals surface area contributed by atoms with E-state index in [0.717, 1.165) is 10.7 Å². The van der Waals surface area contributed by atoms with E-state index >= 15 is 0 Å². The maximum absolute atomic E-state index is 12.3. The molecule has 0 fully saturated rings. The monoisotopic (exact) mass is 414 g/mol. The Kier molecular flexibility index (Phi) is 6.73. The Hall–Kier alpha value is -2.77. The second-order valence-corrected chi connectivity index (χ2v) is 7.44. The molecule has 2 N–H and O–H groups in total. The Balaban J connectivity index is 1.56. The van der Waals surface area contributed by atoms with Crippen molar-refractivity contribution in [1.82, 2.24) is 9.55 Å². The van der Waals surface area contributed by atoms with Gasteiger partial charge >= 0.3 is 0 Å². The molecule has 2 amide bonds. The van der Waals surface area contributed by atoms with Crippen molar-refractivity contribution in [3.05, 3.63) is 71.5 Å². The summed E-state index contributed by atoms with van der Waals surface area (Å²) in [5.74, 6) is -0.0836. The summed E-state index contributed by atoms with van der Waals surface area (Å²) in [4.78, 5) is 27.7. The molecule has 0 radical (unpaired) electrons. The van der Waals surface area contributed by atoms with Gasteiger partial charge in [0.2, 0.25) is 11.8 Å². The Morgan fingerprint density at radius 2 is 1.82 bits per heavy atom. The number of nitrogens with zero attached hydrogens (tertiary/aromatic N) is 2. The van der Waals surface area contributed by atoms with Gasteiger partial charge in [-0.1, -0.05) is 41.6 Å². The number of halogens is 1. The number of hydrogen-bond acceptors (Lipinski definition) is 4. The molecule has 0 aliphatic heterocycles. The van der Waals surface area contributed by atoms with Gasteiger partial charge in [-0.25, -0.2) is 4.98 Å². The van der Waals surface area contributed by atoms with E-state index in [2.05, 4.69) is 15.6 Å². The summed E-state index contributed by atoms with van der Waals surface area (Å²) >= 11 is 7.28. The van der Waals surface area contributed by atoms with Crippen LogP contribution in [0.2, 0.25) is 5.02 Å². The highest BCUT2D eigenvalue weighted by Gasteiger charge is 2.09. The van der Waals surface area contributed by atoms with E-state index in [0.29, 0.717) is 22.9 Å². The van der Waals surface area contributed by atoms with Gasteiger partial charge in [-0.2, -0.15) is 0 Å². The number of aromatic nitrogens is 2. The molecule has 144 valence electrons. The zero-order valence-electron chi connectivity index (χ0n) is 15.2. The van der Waals surface area contributed by atoms with Crippen molar-refractivity contribution in [3.8, 4) is 0 Å². The fraction of sp³-hybridized carbons (Fsp3) is 0.150. The highest BCUT2D eigenvalue weighted by atomic mass is 35.5. The van der Waals surface area contributed by atoms with E-state index in [1.54, 1.807) is 30.5 Å². The smallest absolute Gasteiger partial charge is 0.234 e. The van der Waals surface area contributed by atoms with Crippen molar-refractivity contribution in [2.24, 2.45) is 0 Å². The highest BCUT2D eigenvalue weighted by molar-refractivity contribution is 7.99. The predicted octanol–water partition coefficient (Wildman–Crippen LogP) is 4.27. The quantitative estimate of drug-likeness (QED) is 0.566. The third kappa shape index (κ3) is 5.87. The number of rotatable bonds is 7. The summed E-state index contributed by atoms with van der Waals surface area (Å²) in [5, 5.41) is 6.98. The lowest BCUT2D eigenvalue weighted by molar-refractivity contribution is -0.114. The first-order valence-electron chi connectivity index (χ1n) is 8.55. The molecule has 2 aromatic carbocycles. The lowest BCUT2D eigenvalue weighted by atomic mass is 10.2. The third-order valence-electron chi connectivity index (χ3n) is 3.74. The van der Waals surface area contributed by atoms with Gasteiger partial charge < -0.3 is 15.2 Å². The Morgan fingerprint density at radius 1 is 1.11 bits per heavy atom. The molecule has 0 atom stereocenters. The van der Waals surface area contributed by atoms with E-state index < -0.39 is 0 Å². The fourth-order valence-corrected chi connectivity index (χ4v) is 3.43. The number of carbonyl (C=O) groups excluding carboxylic acids is 2. The predicted molar refractivity (Wildman–Crippen MR) is 113 cm³/mol. The summed E-state index contributed by atoms with van der Waals surface area (Å²) in [6, 6.07) is 14.6. The van der Waals surface area contributed by atoms with Gasteiger partial charge in [0, 0.05) is 42.3 Å². The van der Waals surface area contributed by atoms with Crippen LogP contribution < -0.4 is 10.6 Å². The van der Waals surface area contributed by atoms with E-state index in [1.165, 1.54) is 18.7 Å². The van der Waals surface area contributed by atoms with Crippen LogP contribution in [0, 0.1) is 0 Å².